The van der Waals surface area contributed by atoms with E-state index in [-0.39, 0.29) is 17.5 Å². The number of anilines is 1. The molecule has 1 heterocycles. The Bertz CT molecular complexity index is 941. The van der Waals surface area contributed by atoms with Crippen LogP contribution in [-0.4, -0.2) is 24.9 Å². The van der Waals surface area contributed by atoms with E-state index in [1.165, 1.54) is 25.3 Å². The molecular weight excluding hydrogens is 332 g/mol. The number of carbonyl (C=O) groups is 3. The molecule has 130 valence electrons. The van der Waals surface area contributed by atoms with Crippen LogP contribution >= 0.6 is 0 Å². The van der Waals surface area contributed by atoms with Crippen LogP contribution in [0, 0.1) is 12.5 Å². The molecule has 0 aliphatic carbocycles. The molecule has 1 aliphatic rings. The predicted octanol–water partition coefficient (Wildman–Crippen LogP) is 3.39. The molecule has 0 N–H and O–H groups in total. The summed E-state index contributed by atoms with van der Waals surface area (Å²) < 4.78 is 4.71. The molecule has 1 aliphatic heterocycles. The molecule has 0 fully saturated rings. The number of methoxy groups -OCH3 is 1. The maximum Gasteiger partial charge on any atom is 0.308 e. The largest absolute Gasteiger partial charge is 0.469 e. The Hall–Kier alpha value is -3.46. The molecule has 1 unspecified atom stereocenters. The topological polar surface area (TPSA) is 68.0 Å². The first kappa shape index (κ1) is 17.4. The van der Waals surface area contributed by atoms with Crippen LogP contribution in [0.25, 0.3) is 4.85 Å². The van der Waals surface area contributed by atoms with Crippen LogP contribution in [0.2, 0.25) is 0 Å². The molecule has 1 atom stereocenters. The summed E-state index contributed by atoms with van der Waals surface area (Å²) in [4.78, 5) is 41.1. The number of ether oxygens (including phenoxy) is 1. The molecule has 2 aromatic rings. The van der Waals surface area contributed by atoms with Crippen molar-refractivity contribution >= 4 is 29.2 Å². The van der Waals surface area contributed by atoms with Crippen LogP contribution < -0.4 is 4.90 Å². The van der Waals surface area contributed by atoms with Crippen molar-refractivity contribution in [2.24, 2.45) is 5.92 Å². The van der Waals surface area contributed by atoms with Gasteiger partial charge in [0.05, 0.1) is 30.9 Å². The third kappa shape index (κ3) is 2.95. The second-order valence-corrected chi connectivity index (χ2v) is 6.08. The number of benzene rings is 2. The monoisotopic (exact) mass is 348 g/mol. The van der Waals surface area contributed by atoms with E-state index in [1.54, 1.807) is 31.2 Å². The Labute approximate surface area is 150 Å². The molecule has 6 nitrogen and oxygen atoms in total. The molecule has 0 spiro atoms. The Morgan fingerprint density at radius 3 is 2.38 bits per heavy atom. The number of fused-ring (bicyclic) bond motifs is 1. The summed E-state index contributed by atoms with van der Waals surface area (Å²) in [6, 6.07) is 11.4. The fraction of sp³-hybridized carbons (Fsp3) is 0.200. The van der Waals surface area contributed by atoms with Crippen LogP contribution in [0.3, 0.4) is 0 Å². The molecule has 0 aromatic heterocycles. The third-order valence-corrected chi connectivity index (χ3v) is 4.34. The summed E-state index contributed by atoms with van der Waals surface area (Å²) in [6.07, 6.45) is 0.503. The lowest BCUT2D eigenvalue weighted by molar-refractivity contribution is -0.144. The maximum absolute atomic E-state index is 12.6. The van der Waals surface area contributed by atoms with Gasteiger partial charge in [0.1, 0.15) is 0 Å². The number of imide groups is 1. The summed E-state index contributed by atoms with van der Waals surface area (Å²) in [5.41, 5.74) is 2.21. The standard InChI is InChI=1S/C20H16N2O4/c1-12(20(25)26-3)10-13-4-7-15(8-5-13)22-18(23)16-9-6-14(21-2)11-17(16)19(22)24/h4-9,11-12H,10H2,1,3H3. The van der Waals surface area contributed by atoms with Gasteiger partial charge in [-0.1, -0.05) is 31.2 Å². The minimum absolute atomic E-state index is 0.242. The number of esters is 1. The van der Waals surface area contributed by atoms with Crippen LogP contribution in [-0.2, 0) is 16.0 Å². The highest BCUT2D eigenvalue weighted by Crippen LogP contribution is 2.31. The van der Waals surface area contributed by atoms with E-state index in [1.807, 2.05) is 0 Å². The number of nitrogens with zero attached hydrogens (tertiary/aromatic N) is 2. The van der Waals surface area contributed by atoms with E-state index in [9.17, 15) is 14.4 Å². The van der Waals surface area contributed by atoms with Gasteiger partial charge in [0.25, 0.3) is 11.8 Å². The SMILES string of the molecule is [C-]#[N+]c1ccc2c(c1)C(=O)N(c1ccc(CC(C)C(=O)OC)cc1)C2=O. The molecule has 6 heteroatoms. The first-order valence-corrected chi connectivity index (χ1v) is 8.03. The third-order valence-electron chi connectivity index (χ3n) is 4.34. The van der Waals surface area contributed by atoms with E-state index in [0.717, 1.165) is 10.5 Å². The zero-order valence-electron chi connectivity index (χ0n) is 14.4. The fourth-order valence-electron chi connectivity index (χ4n) is 2.95. The second kappa shape index (κ2) is 6.81. The molecule has 0 bridgehead atoms. The quantitative estimate of drug-likeness (QED) is 0.482. The highest BCUT2D eigenvalue weighted by atomic mass is 16.5. The van der Waals surface area contributed by atoms with E-state index in [0.29, 0.717) is 23.4 Å². The maximum atomic E-state index is 12.6. The number of carbonyl (C=O) groups excluding carboxylic acids is 3. The van der Waals surface area contributed by atoms with Crippen LogP contribution in [0.1, 0.15) is 33.2 Å². The first-order valence-electron chi connectivity index (χ1n) is 8.03. The van der Waals surface area contributed by atoms with E-state index in [4.69, 9.17) is 11.3 Å². The van der Waals surface area contributed by atoms with E-state index < -0.39 is 11.8 Å². The smallest absolute Gasteiger partial charge is 0.308 e. The van der Waals surface area contributed by atoms with Crippen molar-refractivity contribution < 1.29 is 19.1 Å². The molecule has 2 amide bonds. The van der Waals surface area contributed by atoms with Gasteiger partial charge in [0, 0.05) is 5.56 Å². The summed E-state index contributed by atoms with van der Waals surface area (Å²) in [5, 5.41) is 0. The van der Waals surface area contributed by atoms with E-state index >= 15 is 0 Å². The Morgan fingerprint density at radius 2 is 1.77 bits per heavy atom. The van der Waals surface area contributed by atoms with Gasteiger partial charge >= 0.3 is 5.97 Å². The van der Waals surface area contributed by atoms with Crippen LogP contribution in [0.15, 0.2) is 42.5 Å². The van der Waals surface area contributed by atoms with Gasteiger partial charge in [-0.25, -0.2) is 9.74 Å². The molecule has 3 rings (SSSR count). The molecule has 0 saturated carbocycles. The van der Waals surface area contributed by atoms with Crippen LogP contribution in [0.5, 0.6) is 0 Å². The van der Waals surface area contributed by atoms with Gasteiger partial charge < -0.3 is 4.74 Å². The first-order chi connectivity index (χ1) is 12.5. The second-order valence-electron chi connectivity index (χ2n) is 6.08. The minimum atomic E-state index is -0.439. The van der Waals surface area contributed by atoms with Crippen molar-refractivity contribution in [3.05, 3.63) is 70.6 Å². The molecule has 2 aromatic carbocycles. The summed E-state index contributed by atoms with van der Waals surface area (Å²) >= 11 is 0. The normalized spacial score (nSPS) is 14.0. The highest BCUT2D eigenvalue weighted by Gasteiger charge is 2.36. The van der Waals surface area contributed by atoms with Gasteiger partial charge in [0.2, 0.25) is 0 Å². The Balaban J connectivity index is 1.84. The zero-order valence-corrected chi connectivity index (χ0v) is 14.4. The van der Waals surface area contributed by atoms with Gasteiger partial charge in [-0.15, -0.1) is 0 Å². The van der Waals surface area contributed by atoms with Crippen molar-refractivity contribution in [1.29, 1.82) is 0 Å². The molecule has 0 saturated heterocycles. The average Bonchev–Trinajstić information content (AvgIpc) is 2.91. The summed E-state index contributed by atoms with van der Waals surface area (Å²) in [6.45, 7) is 8.82. The Kier molecular flexibility index (Phi) is 4.55. The van der Waals surface area contributed by atoms with Gasteiger partial charge in [-0.2, -0.15) is 0 Å². The molecule has 26 heavy (non-hydrogen) atoms. The molecular formula is C20H16N2O4. The number of amides is 2. The van der Waals surface area contributed by atoms with Crippen LogP contribution in [0.4, 0.5) is 11.4 Å². The van der Waals surface area contributed by atoms with Gasteiger partial charge in [0.15, 0.2) is 5.69 Å². The fourth-order valence-corrected chi connectivity index (χ4v) is 2.95. The van der Waals surface area contributed by atoms with Gasteiger partial charge in [-0.3, -0.25) is 14.4 Å². The van der Waals surface area contributed by atoms with Crippen molar-refractivity contribution in [3.63, 3.8) is 0 Å². The number of hydrogen-bond donors (Lipinski definition) is 0. The predicted molar refractivity (Wildman–Crippen MR) is 95.2 cm³/mol. The van der Waals surface area contributed by atoms with Crippen molar-refractivity contribution in [1.82, 2.24) is 0 Å². The highest BCUT2D eigenvalue weighted by molar-refractivity contribution is 6.34. The van der Waals surface area contributed by atoms with Crippen molar-refractivity contribution in [3.8, 4) is 0 Å². The van der Waals surface area contributed by atoms with Crippen molar-refractivity contribution in [2.45, 2.75) is 13.3 Å². The summed E-state index contributed by atoms with van der Waals surface area (Å²) in [5.74, 6) is -1.41. The summed E-state index contributed by atoms with van der Waals surface area (Å²) in [7, 11) is 1.35. The lowest BCUT2D eigenvalue weighted by Crippen LogP contribution is -2.29. The zero-order chi connectivity index (χ0) is 18.8. The van der Waals surface area contributed by atoms with Gasteiger partial charge in [-0.05, 0) is 30.2 Å². The lowest BCUT2D eigenvalue weighted by atomic mass is 10.0. The minimum Gasteiger partial charge on any atom is -0.469 e. The molecule has 0 radical (unpaired) electrons. The van der Waals surface area contributed by atoms with Crippen molar-refractivity contribution in [2.75, 3.05) is 12.0 Å². The Morgan fingerprint density at radius 1 is 1.12 bits per heavy atom. The average molecular weight is 348 g/mol. The number of hydrogen-bond acceptors (Lipinski definition) is 4. The number of rotatable bonds is 4. The van der Waals surface area contributed by atoms with E-state index in [2.05, 4.69) is 4.85 Å². The lowest BCUT2D eigenvalue weighted by Gasteiger charge is -2.15.